The Labute approximate surface area is 153 Å². The Hall–Kier alpha value is -2.83. The summed E-state index contributed by atoms with van der Waals surface area (Å²) in [7, 11) is 0. The smallest absolute Gasteiger partial charge is 0.326 e. The maximum atomic E-state index is 12.8. The van der Waals surface area contributed by atoms with Gasteiger partial charge in [0.1, 0.15) is 18.4 Å². The first-order valence-electron chi connectivity index (χ1n) is 8.36. The number of rotatable bonds is 9. The summed E-state index contributed by atoms with van der Waals surface area (Å²) in [6, 6.07) is 5.59. The summed E-state index contributed by atoms with van der Waals surface area (Å²) in [5.74, 6) is -1.26. The van der Waals surface area contributed by atoms with Gasteiger partial charge in [0.25, 0.3) is 5.91 Å². The molecular formula is C19H26N2O5. The second-order valence-electron chi connectivity index (χ2n) is 6.12. The number of carboxylic acid groups (broad SMARTS) is 1. The minimum Gasteiger partial charge on any atom is -0.490 e. The van der Waals surface area contributed by atoms with Gasteiger partial charge in [-0.1, -0.05) is 11.6 Å². The molecule has 0 fully saturated rings. The van der Waals surface area contributed by atoms with Gasteiger partial charge in [0.05, 0.1) is 0 Å². The highest BCUT2D eigenvalue weighted by Gasteiger charge is 2.26. The number of nitrogens with zero attached hydrogens (tertiary/aromatic N) is 1. The first-order valence-corrected chi connectivity index (χ1v) is 8.36. The SMILES string of the molecule is CC(=O)NCCN(C(=O)c1cccc(OCC=C(C)C)c1)C(C)C(=O)O. The third-order valence-electron chi connectivity index (χ3n) is 3.63. The molecule has 1 aromatic rings. The fourth-order valence-corrected chi connectivity index (χ4v) is 2.15. The normalized spacial score (nSPS) is 11.2. The zero-order valence-corrected chi connectivity index (χ0v) is 15.6. The van der Waals surface area contributed by atoms with Gasteiger partial charge in [-0.25, -0.2) is 4.79 Å². The number of nitrogens with one attached hydrogen (secondary N) is 1. The quantitative estimate of drug-likeness (QED) is 0.656. The number of aliphatic carboxylic acids is 1. The number of allylic oxidation sites excluding steroid dienone is 1. The van der Waals surface area contributed by atoms with E-state index < -0.39 is 17.9 Å². The molecule has 1 aromatic carbocycles. The molecule has 0 radical (unpaired) electrons. The van der Waals surface area contributed by atoms with Crippen LogP contribution in [0.4, 0.5) is 0 Å². The van der Waals surface area contributed by atoms with Crippen LogP contribution in [-0.4, -0.2) is 53.5 Å². The van der Waals surface area contributed by atoms with Crippen molar-refractivity contribution in [1.29, 1.82) is 0 Å². The van der Waals surface area contributed by atoms with Crippen LogP contribution in [0.5, 0.6) is 5.75 Å². The van der Waals surface area contributed by atoms with Crippen LogP contribution in [0.2, 0.25) is 0 Å². The largest absolute Gasteiger partial charge is 0.490 e. The predicted molar refractivity (Wildman–Crippen MR) is 98.2 cm³/mol. The van der Waals surface area contributed by atoms with Gasteiger partial charge < -0.3 is 20.1 Å². The van der Waals surface area contributed by atoms with E-state index in [1.807, 2.05) is 19.9 Å². The predicted octanol–water partition coefficient (Wildman–Crippen LogP) is 2.08. The van der Waals surface area contributed by atoms with E-state index >= 15 is 0 Å². The lowest BCUT2D eigenvalue weighted by atomic mass is 10.1. The van der Waals surface area contributed by atoms with Crippen molar-refractivity contribution in [3.8, 4) is 5.75 Å². The van der Waals surface area contributed by atoms with E-state index in [1.165, 1.54) is 18.7 Å². The van der Waals surface area contributed by atoms with Crippen LogP contribution in [0.3, 0.4) is 0 Å². The maximum Gasteiger partial charge on any atom is 0.326 e. The van der Waals surface area contributed by atoms with Crippen molar-refractivity contribution in [3.63, 3.8) is 0 Å². The Morgan fingerprint density at radius 3 is 2.54 bits per heavy atom. The molecule has 0 saturated carbocycles. The second kappa shape index (κ2) is 10.2. The van der Waals surface area contributed by atoms with Crippen molar-refractivity contribution >= 4 is 17.8 Å². The van der Waals surface area contributed by atoms with Crippen LogP contribution in [0.25, 0.3) is 0 Å². The number of carbonyl (C=O) groups is 3. The average molecular weight is 362 g/mol. The van der Waals surface area contributed by atoms with Gasteiger partial charge >= 0.3 is 5.97 Å². The Bertz CT molecular complexity index is 680. The number of ether oxygens (including phenoxy) is 1. The highest BCUT2D eigenvalue weighted by molar-refractivity contribution is 5.97. The van der Waals surface area contributed by atoms with Crippen molar-refractivity contribution in [2.24, 2.45) is 0 Å². The topological polar surface area (TPSA) is 95.9 Å². The molecule has 0 bridgehead atoms. The highest BCUT2D eigenvalue weighted by Crippen LogP contribution is 2.16. The molecule has 1 rings (SSSR count). The Balaban J connectivity index is 2.93. The molecule has 0 aromatic heterocycles. The summed E-state index contributed by atoms with van der Waals surface area (Å²) in [6.07, 6.45) is 1.92. The Kier molecular flexibility index (Phi) is 8.34. The van der Waals surface area contributed by atoms with E-state index in [1.54, 1.807) is 24.3 Å². The molecular weight excluding hydrogens is 336 g/mol. The maximum absolute atomic E-state index is 12.8. The van der Waals surface area contributed by atoms with Gasteiger partial charge in [0.15, 0.2) is 0 Å². The third kappa shape index (κ3) is 6.96. The molecule has 7 nitrogen and oxygen atoms in total. The molecule has 2 N–H and O–H groups in total. The van der Waals surface area contributed by atoms with E-state index in [0.29, 0.717) is 17.9 Å². The molecule has 142 valence electrons. The summed E-state index contributed by atoms with van der Waals surface area (Å²) in [6.45, 7) is 7.37. The van der Waals surface area contributed by atoms with Gasteiger partial charge in [-0.05, 0) is 45.0 Å². The van der Waals surface area contributed by atoms with Crippen molar-refractivity contribution in [2.75, 3.05) is 19.7 Å². The van der Waals surface area contributed by atoms with Gasteiger partial charge in [-0.2, -0.15) is 0 Å². The number of hydrogen-bond donors (Lipinski definition) is 2. The van der Waals surface area contributed by atoms with E-state index in [0.717, 1.165) is 5.57 Å². The number of carboxylic acids is 1. The van der Waals surface area contributed by atoms with E-state index in [9.17, 15) is 19.5 Å². The molecule has 7 heteroatoms. The van der Waals surface area contributed by atoms with Crippen LogP contribution in [0, 0.1) is 0 Å². The van der Waals surface area contributed by atoms with E-state index in [-0.39, 0.29) is 19.0 Å². The summed E-state index contributed by atoms with van der Waals surface area (Å²) >= 11 is 0. The van der Waals surface area contributed by atoms with Crippen LogP contribution >= 0.6 is 0 Å². The highest BCUT2D eigenvalue weighted by atomic mass is 16.5. The molecule has 0 aliphatic heterocycles. The first-order chi connectivity index (χ1) is 12.2. The van der Waals surface area contributed by atoms with Crippen LogP contribution in [0.1, 0.15) is 38.1 Å². The van der Waals surface area contributed by atoms with Crippen LogP contribution < -0.4 is 10.1 Å². The zero-order chi connectivity index (χ0) is 19.7. The van der Waals surface area contributed by atoms with E-state index in [2.05, 4.69) is 5.32 Å². The number of amides is 2. The molecule has 1 unspecified atom stereocenters. The van der Waals surface area contributed by atoms with Crippen LogP contribution in [-0.2, 0) is 9.59 Å². The lowest BCUT2D eigenvalue weighted by Gasteiger charge is -2.26. The molecule has 0 spiro atoms. The molecule has 0 heterocycles. The van der Waals surface area contributed by atoms with Crippen molar-refractivity contribution in [3.05, 3.63) is 41.5 Å². The fraction of sp³-hybridized carbons (Fsp3) is 0.421. The van der Waals surface area contributed by atoms with Gasteiger partial charge in [0, 0.05) is 25.6 Å². The number of carbonyl (C=O) groups excluding carboxylic acids is 2. The lowest BCUT2D eigenvalue weighted by molar-refractivity contribution is -0.141. The van der Waals surface area contributed by atoms with Gasteiger partial charge in [-0.3, -0.25) is 9.59 Å². The summed E-state index contributed by atoms with van der Waals surface area (Å²) in [4.78, 5) is 36.3. The summed E-state index contributed by atoms with van der Waals surface area (Å²) < 4.78 is 5.59. The molecule has 26 heavy (non-hydrogen) atoms. The second-order valence-corrected chi connectivity index (χ2v) is 6.12. The first kappa shape index (κ1) is 21.2. The van der Waals surface area contributed by atoms with Crippen LogP contribution in [0.15, 0.2) is 35.9 Å². The van der Waals surface area contributed by atoms with Gasteiger partial charge in [-0.15, -0.1) is 0 Å². The standard InChI is InChI=1S/C19H26N2O5/c1-13(2)8-11-26-17-7-5-6-16(12-17)18(23)21(14(3)19(24)25)10-9-20-15(4)22/h5-8,12,14H,9-11H2,1-4H3,(H,20,22)(H,24,25). The molecule has 0 saturated heterocycles. The fourth-order valence-electron chi connectivity index (χ4n) is 2.15. The third-order valence-corrected chi connectivity index (χ3v) is 3.63. The average Bonchev–Trinajstić information content (AvgIpc) is 2.57. The molecule has 0 aliphatic rings. The minimum absolute atomic E-state index is 0.0920. The Morgan fingerprint density at radius 2 is 1.96 bits per heavy atom. The van der Waals surface area contributed by atoms with Crippen molar-refractivity contribution in [1.82, 2.24) is 10.2 Å². The zero-order valence-electron chi connectivity index (χ0n) is 15.6. The van der Waals surface area contributed by atoms with E-state index in [4.69, 9.17) is 4.74 Å². The summed E-state index contributed by atoms with van der Waals surface area (Å²) in [5.41, 5.74) is 1.45. The molecule has 0 aliphatic carbocycles. The molecule has 2 amide bonds. The minimum atomic E-state index is -1.11. The lowest BCUT2D eigenvalue weighted by Crippen LogP contribution is -2.46. The Morgan fingerprint density at radius 1 is 1.27 bits per heavy atom. The van der Waals surface area contributed by atoms with Crippen molar-refractivity contribution < 1.29 is 24.2 Å². The number of benzene rings is 1. The number of hydrogen-bond acceptors (Lipinski definition) is 4. The summed E-state index contributed by atoms with van der Waals surface area (Å²) in [5, 5.41) is 11.8. The van der Waals surface area contributed by atoms with Crippen molar-refractivity contribution in [2.45, 2.75) is 33.7 Å². The monoisotopic (exact) mass is 362 g/mol. The molecule has 1 atom stereocenters. The van der Waals surface area contributed by atoms with Gasteiger partial charge in [0.2, 0.25) is 5.91 Å².